The van der Waals surface area contributed by atoms with Crippen molar-refractivity contribution in [1.82, 2.24) is 9.47 Å². The van der Waals surface area contributed by atoms with Crippen LogP contribution in [0.5, 0.6) is 5.75 Å². The van der Waals surface area contributed by atoms with Gasteiger partial charge in [0.2, 0.25) is 0 Å². The molecule has 1 saturated heterocycles. The molecule has 1 atom stereocenters. The number of carbonyl (C=O) groups excluding carboxylic acids is 1. The molecule has 0 N–H and O–H groups in total. The molecule has 0 saturated carbocycles. The van der Waals surface area contributed by atoms with Gasteiger partial charge in [0.15, 0.2) is 0 Å². The van der Waals surface area contributed by atoms with Crippen molar-refractivity contribution in [2.75, 3.05) is 13.7 Å². The van der Waals surface area contributed by atoms with Gasteiger partial charge in [-0.2, -0.15) is 0 Å². The molecule has 4 rings (SSSR count). The lowest BCUT2D eigenvalue weighted by molar-refractivity contribution is 0.0726. The highest BCUT2D eigenvalue weighted by Crippen LogP contribution is 2.35. The van der Waals surface area contributed by atoms with Crippen molar-refractivity contribution in [3.63, 3.8) is 0 Å². The summed E-state index contributed by atoms with van der Waals surface area (Å²) < 4.78 is 7.31. The van der Waals surface area contributed by atoms with E-state index in [9.17, 15) is 4.79 Å². The van der Waals surface area contributed by atoms with E-state index in [1.54, 1.807) is 7.11 Å². The minimum absolute atomic E-state index is 0.105. The SMILES string of the molecule is COc1ccc2cc(C(=O)N3CCCC3c3ccccc3C)n(C)c2c1. The van der Waals surface area contributed by atoms with Gasteiger partial charge in [0.05, 0.1) is 18.7 Å². The van der Waals surface area contributed by atoms with Crippen LogP contribution in [0, 0.1) is 6.92 Å². The lowest BCUT2D eigenvalue weighted by atomic mass is 9.99. The molecule has 0 aliphatic carbocycles. The lowest BCUT2D eigenvalue weighted by Crippen LogP contribution is -2.32. The quantitative estimate of drug-likeness (QED) is 0.700. The number of fused-ring (bicyclic) bond motifs is 1. The average molecular weight is 348 g/mol. The Morgan fingerprint density at radius 1 is 1.15 bits per heavy atom. The molecule has 2 aromatic carbocycles. The monoisotopic (exact) mass is 348 g/mol. The fourth-order valence-corrected chi connectivity index (χ4v) is 4.08. The minimum atomic E-state index is 0.105. The first-order chi connectivity index (χ1) is 12.6. The van der Waals surface area contributed by atoms with Crippen molar-refractivity contribution < 1.29 is 9.53 Å². The van der Waals surface area contributed by atoms with E-state index >= 15 is 0 Å². The molecule has 0 radical (unpaired) electrons. The summed E-state index contributed by atoms with van der Waals surface area (Å²) in [5, 5.41) is 1.06. The van der Waals surface area contributed by atoms with Crippen LogP contribution in [0.1, 0.15) is 40.5 Å². The molecule has 1 amide bonds. The fourth-order valence-electron chi connectivity index (χ4n) is 4.08. The zero-order valence-corrected chi connectivity index (χ0v) is 15.5. The van der Waals surface area contributed by atoms with Gasteiger partial charge < -0.3 is 14.2 Å². The number of ether oxygens (including phenoxy) is 1. The highest BCUT2D eigenvalue weighted by atomic mass is 16.5. The molecule has 2 heterocycles. The molecule has 4 nitrogen and oxygen atoms in total. The van der Waals surface area contributed by atoms with Crippen molar-refractivity contribution in [2.24, 2.45) is 7.05 Å². The van der Waals surface area contributed by atoms with Crippen LogP contribution in [0.3, 0.4) is 0 Å². The summed E-state index contributed by atoms with van der Waals surface area (Å²) >= 11 is 0. The lowest BCUT2D eigenvalue weighted by Gasteiger charge is -2.26. The Balaban J connectivity index is 1.72. The van der Waals surface area contributed by atoms with E-state index in [1.165, 1.54) is 11.1 Å². The highest BCUT2D eigenvalue weighted by molar-refractivity contribution is 5.99. The van der Waals surface area contributed by atoms with Gasteiger partial charge >= 0.3 is 0 Å². The largest absolute Gasteiger partial charge is 0.497 e. The van der Waals surface area contributed by atoms with Crippen LogP contribution in [0.15, 0.2) is 48.5 Å². The molecule has 1 aliphatic heterocycles. The van der Waals surface area contributed by atoms with Crippen LogP contribution in [0.2, 0.25) is 0 Å². The van der Waals surface area contributed by atoms with Crippen molar-refractivity contribution in [3.8, 4) is 5.75 Å². The Morgan fingerprint density at radius 2 is 1.96 bits per heavy atom. The molecule has 3 aromatic rings. The number of likely N-dealkylation sites (tertiary alicyclic amines) is 1. The second-order valence-electron chi connectivity index (χ2n) is 7.03. The van der Waals surface area contributed by atoms with Crippen LogP contribution in [-0.4, -0.2) is 29.0 Å². The number of nitrogens with zero attached hydrogens (tertiary/aromatic N) is 2. The number of benzene rings is 2. The van der Waals surface area contributed by atoms with E-state index in [0.717, 1.165) is 41.7 Å². The number of amides is 1. The Morgan fingerprint density at radius 3 is 2.73 bits per heavy atom. The van der Waals surface area contributed by atoms with Crippen LogP contribution in [0.25, 0.3) is 10.9 Å². The third kappa shape index (κ3) is 2.66. The van der Waals surface area contributed by atoms with Gasteiger partial charge in [-0.05, 0) is 49.1 Å². The molecule has 1 aromatic heterocycles. The van der Waals surface area contributed by atoms with Gasteiger partial charge in [0.25, 0.3) is 5.91 Å². The molecule has 0 bridgehead atoms. The number of hydrogen-bond donors (Lipinski definition) is 0. The zero-order chi connectivity index (χ0) is 18.3. The third-order valence-electron chi connectivity index (χ3n) is 5.53. The number of aryl methyl sites for hydroxylation is 2. The smallest absolute Gasteiger partial charge is 0.271 e. The van der Waals surface area contributed by atoms with Gasteiger partial charge in [0, 0.05) is 25.0 Å². The van der Waals surface area contributed by atoms with Crippen molar-refractivity contribution in [2.45, 2.75) is 25.8 Å². The Bertz CT molecular complexity index is 973. The second kappa shape index (κ2) is 6.52. The summed E-state index contributed by atoms with van der Waals surface area (Å²) in [5.74, 6) is 0.907. The topological polar surface area (TPSA) is 34.5 Å². The summed E-state index contributed by atoms with van der Waals surface area (Å²) in [6, 6.07) is 16.5. The summed E-state index contributed by atoms with van der Waals surface area (Å²) in [6.07, 6.45) is 2.07. The Labute approximate surface area is 154 Å². The van der Waals surface area contributed by atoms with E-state index in [2.05, 4.69) is 31.2 Å². The number of rotatable bonds is 3. The van der Waals surface area contributed by atoms with Crippen molar-refractivity contribution >= 4 is 16.8 Å². The van der Waals surface area contributed by atoms with E-state index < -0.39 is 0 Å². The first-order valence-electron chi connectivity index (χ1n) is 9.10. The normalized spacial score (nSPS) is 17.0. The number of aromatic nitrogens is 1. The molecule has 1 unspecified atom stereocenters. The maximum Gasteiger partial charge on any atom is 0.271 e. The molecule has 4 heteroatoms. The Kier molecular flexibility index (Phi) is 4.19. The summed E-state index contributed by atoms with van der Waals surface area (Å²) in [4.78, 5) is 15.4. The standard InChI is InChI=1S/C22H24N2O2/c1-15-7-4-5-8-18(15)19-9-6-12-24(19)22(25)21-13-16-10-11-17(26-3)14-20(16)23(21)2/h4-5,7-8,10-11,13-14,19H,6,9,12H2,1-3H3. The maximum absolute atomic E-state index is 13.4. The van der Waals surface area contributed by atoms with Crippen LogP contribution < -0.4 is 4.74 Å². The number of carbonyl (C=O) groups is 1. The molecule has 134 valence electrons. The third-order valence-corrected chi connectivity index (χ3v) is 5.53. The van der Waals surface area contributed by atoms with E-state index in [1.807, 2.05) is 40.8 Å². The van der Waals surface area contributed by atoms with Crippen molar-refractivity contribution in [3.05, 3.63) is 65.4 Å². The first-order valence-corrected chi connectivity index (χ1v) is 9.10. The minimum Gasteiger partial charge on any atom is -0.497 e. The van der Waals surface area contributed by atoms with Crippen molar-refractivity contribution in [1.29, 1.82) is 0 Å². The summed E-state index contributed by atoms with van der Waals surface area (Å²) in [7, 11) is 3.61. The predicted octanol–water partition coefficient (Wildman–Crippen LogP) is 4.47. The molecule has 1 fully saturated rings. The second-order valence-corrected chi connectivity index (χ2v) is 7.03. The van der Waals surface area contributed by atoms with Gasteiger partial charge in [-0.3, -0.25) is 4.79 Å². The average Bonchev–Trinajstić information content (AvgIpc) is 3.26. The van der Waals surface area contributed by atoms with E-state index in [4.69, 9.17) is 4.74 Å². The summed E-state index contributed by atoms with van der Waals surface area (Å²) in [5.41, 5.74) is 4.26. The molecular formula is C22H24N2O2. The van der Waals surface area contributed by atoms with Gasteiger partial charge in [-0.1, -0.05) is 24.3 Å². The van der Waals surface area contributed by atoms with Crippen LogP contribution in [0.4, 0.5) is 0 Å². The van der Waals surface area contributed by atoms with E-state index in [-0.39, 0.29) is 11.9 Å². The first kappa shape index (κ1) is 16.7. The van der Waals surface area contributed by atoms with Crippen LogP contribution in [-0.2, 0) is 7.05 Å². The fraction of sp³-hybridized carbons (Fsp3) is 0.318. The zero-order valence-electron chi connectivity index (χ0n) is 15.5. The highest BCUT2D eigenvalue weighted by Gasteiger charge is 2.32. The predicted molar refractivity (Wildman–Crippen MR) is 104 cm³/mol. The Hall–Kier alpha value is -2.75. The van der Waals surface area contributed by atoms with Gasteiger partial charge in [-0.15, -0.1) is 0 Å². The molecule has 26 heavy (non-hydrogen) atoms. The van der Waals surface area contributed by atoms with Crippen LogP contribution >= 0.6 is 0 Å². The van der Waals surface area contributed by atoms with E-state index in [0.29, 0.717) is 0 Å². The molecule has 0 spiro atoms. The molecular weight excluding hydrogens is 324 g/mol. The summed E-state index contributed by atoms with van der Waals surface area (Å²) in [6.45, 7) is 2.93. The number of hydrogen-bond acceptors (Lipinski definition) is 2. The van der Waals surface area contributed by atoms with Gasteiger partial charge in [0.1, 0.15) is 11.4 Å². The molecule has 1 aliphatic rings. The maximum atomic E-state index is 13.4. The number of methoxy groups -OCH3 is 1. The van der Waals surface area contributed by atoms with Gasteiger partial charge in [-0.25, -0.2) is 0 Å².